The van der Waals surface area contributed by atoms with Crippen molar-refractivity contribution in [3.05, 3.63) is 38.2 Å². The molecule has 7 nitrogen and oxygen atoms in total. The van der Waals surface area contributed by atoms with E-state index < -0.39 is 17.2 Å². The minimum absolute atomic E-state index is 0.155. The van der Waals surface area contributed by atoms with Gasteiger partial charge in [-0.25, -0.2) is 4.79 Å². The summed E-state index contributed by atoms with van der Waals surface area (Å²) in [4.78, 5) is 39.1. The minimum atomic E-state index is -0.588. The number of aliphatic hydroxyl groups is 1. The summed E-state index contributed by atoms with van der Waals surface area (Å²) in [6.45, 7) is 5.49. The van der Waals surface area contributed by atoms with E-state index in [1.165, 1.54) is 12.2 Å². The summed E-state index contributed by atoms with van der Waals surface area (Å²) in [5, 5.41) is 12.3. The Bertz CT molecular complexity index is 648. The SMILES string of the molecule is Cc1[nH]c(=O)[nH]c(=O)c1/C=C/C(=O)NC(CO)CSC(C)C. The lowest BCUT2D eigenvalue weighted by Crippen LogP contribution is -2.38. The third-order valence-corrected chi connectivity index (χ3v) is 4.04. The molecule has 0 aliphatic carbocycles. The maximum atomic E-state index is 11.8. The molecule has 8 heteroatoms. The Morgan fingerprint density at radius 1 is 1.36 bits per heavy atom. The maximum absolute atomic E-state index is 11.8. The lowest BCUT2D eigenvalue weighted by molar-refractivity contribution is -0.117. The van der Waals surface area contributed by atoms with Gasteiger partial charge in [0, 0.05) is 17.5 Å². The first-order chi connectivity index (χ1) is 10.3. The topological polar surface area (TPSA) is 115 Å². The van der Waals surface area contributed by atoms with E-state index in [4.69, 9.17) is 0 Å². The molecule has 1 aromatic rings. The number of carbonyl (C=O) groups excluding carboxylic acids is 1. The number of hydrogen-bond acceptors (Lipinski definition) is 5. The molecule has 1 amide bonds. The fourth-order valence-electron chi connectivity index (χ4n) is 1.67. The van der Waals surface area contributed by atoms with Gasteiger partial charge in [0.15, 0.2) is 0 Å². The number of aliphatic hydroxyl groups excluding tert-OH is 1. The van der Waals surface area contributed by atoms with Gasteiger partial charge >= 0.3 is 5.69 Å². The fourth-order valence-corrected chi connectivity index (χ4v) is 2.47. The average Bonchev–Trinajstić information content (AvgIpc) is 2.41. The Kier molecular flexibility index (Phi) is 7.13. The molecule has 0 fully saturated rings. The number of carbonyl (C=O) groups is 1. The maximum Gasteiger partial charge on any atom is 0.325 e. The Balaban J connectivity index is 2.72. The number of aromatic amines is 2. The molecular weight excluding hydrogens is 306 g/mol. The van der Waals surface area contributed by atoms with Crippen molar-refractivity contribution in [2.45, 2.75) is 32.1 Å². The van der Waals surface area contributed by atoms with Crippen molar-refractivity contribution in [1.82, 2.24) is 15.3 Å². The number of thioether (sulfide) groups is 1. The Morgan fingerprint density at radius 3 is 2.59 bits per heavy atom. The molecule has 1 aromatic heterocycles. The summed E-state index contributed by atoms with van der Waals surface area (Å²) in [5.41, 5.74) is -0.548. The van der Waals surface area contributed by atoms with Crippen molar-refractivity contribution in [2.24, 2.45) is 0 Å². The van der Waals surface area contributed by atoms with Gasteiger partial charge in [0.2, 0.25) is 5.91 Å². The molecule has 1 unspecified atom stereocenters. The number of rotatable bonds is 7. The number of H-pyrrole nitrogens is 2. The van der Waals surface area contributed by atoms with Crippen LogP contribution >= 0.6 is 11.8 Å². The molecule has 0 bridgehead atoms. The highest BCUT2D eigenvalue weighted by molar-refractivity contribution is 7.99. The van der Waals surface area contributed by atoms with E-state index in [1.54, 1.807) is 18.7 Å². The molecule has 0 spiro atoms. The van der Waals surface area contributed by atoms with Gasteiger partial charge in [0.1, 0.15) is 0 Å². The van der Waals surface area contributed by atoms with E-state index in [-0.39, 0.29) is 18.2 Å². The summed E-state index contributed by atoms with van der Waals surface area (Å²) in [6, 6.07) is -0.348. The van der Waals surface area contributed by atoms with Crippen LogP contribution in [-0.4, -0.2) is 44.6 Å². The van der Waals surface area contributed by atoms with Gasteiger partial charge in [-0.1, -0.05) is 13.8 Å². The molecule has 0 saturated heterocycles. The summed E-state index contributed by atoms with van der Waals surface area (Å²) in [5.74, 6) is 0.194. The van der Waals surface area contributed by atoms with Crippen LogP contribution < -0.4 is 16.6 Å². The third kappa shape index (κ3) is 5.90. The van der Waals surface area contributed by atoms with Crippen molar-refractivity contribution in [2.75, 3.05) is 12.4 Å². The molecule has 0 saturated carbocycles. The van der Waals surface area contributed by atoms with Crippen LogP contribution in [0, 0.1) is 6.92 Å². The van der Waals surface area contributed by atoms with Gasteiger partial charge in [0.25, 0.3) is 5.56 Å². The summed E-state index contributed by atoms with van der Waals surface area (Å²) >= 11 is 1.63. The Hall–Kier alpha value is -1.80. The number of amides is 1. The highest BCUT2D eigenvalue weighted by Crippen LogP contribution is 2.10. The third-order valence-electron chi connectivity index (χ3n) is 2.78. The van der Waals surface area contributed by atoms with Crippen LogP contribution in [0.15, 0.2) is 15.7 Å². The largest absolute Gasteiger partial charge is 0.394 e. The monoisotopic (exact) mass is 327 g/mol. The van der Waals surface area contributed by atoms with Crippen LogP contribution in [-0.2, 0) is 4.79 Å². The predicted molar refractivity (Wildman–Crippen MR) is 88.1 cm³/mol. The lowest BCUT2D eigenvalue weighted by atomic mass is 10.2. The van der Waals surface area contributed by atoms with Gasteiger partial charge in [-0.05, 0) is 18.2 Å². The van der Waals surface area contributed by atoms with E-state index >= 15 is 0 Å². The van der Waals surface area contributed by atoms with Gasteiger partial charge in [-0.3, -0.25) is 14.6 Å². The molecular formula is C14H21N3O4S. The number of nitrogens with one attached hydrogen (secondary N) is 3. The molecule has 4 N–H and O–H groups in total. The van der Waals surface area contributed by atoms with Crippen LogP contribution in [0.4, 0.5) is 0 Å². The van der Waals surface area contributed by atoms with Gasteiger partial charge in [-0.15, -0.1) is 0 Å². The fraction of sp³-hybridized carbons (Fsp3) is 0.500. The highest BCUT2D eigenvalue weighted by Gasteiger charge is 2.11. The van der Waals surface area contributed by atoms with Gasteiger partial charge in [-0.2, -0.15) is 11.8 Å². The number of aromatic nitrogens is 2. The van der Waals surface area contributed by atoms with Crippen LogP contribution in [0.5, 0.6) is 0 Å². The second kappa shape index (κ2) is 8.60. The van der Waals surface area contributed by atoms with Crippen molar-refractivity contribution in [3.8, 4) is 0 Å². The van der Waals surface area contributed by atoms with Crippen LogP contribution in [0.2, 0.25) is 0 Å². The molecule has 122 valence electrons. The Morgan fingerprint density at radius 2 is 2.05 bits per heavy atom. The second-order valence-electron chi connectivity index (χ2n) is 5.05. The number of aryl methyl sites for hydroxylation is 1. The summed E-state index contributed by atoms with van der Waals surface area (Å²) in [6.07, 6.45) is 2.54. The Labute approximate surface area is 132 Å². The first-order valence-electron chi connectivity index (χ1n) is 6.87. The summed E-state index contributed by atoms with van der Waals surface area (Å²) in [7, 11) is 0. The van der Waals surface area contributed by atoms with Crippen LogP contribution in [0.1, 0.15) is 25.1 Å². The van der Waals surface area contributed by atoms with Crippen molar-refractivity contribution < 1.29 is 9.90 Å². The quantitative estimate of drug-likeness (QED) is 0.526. The van der Waals surface area contributed by atoms with Crippen molar-refractivity contribution in [3.63, 3.8) is 0 Å². The van der Waals surface area contributed by atoms with E-state index in [0.29, 0.717) is 16.7 Å². The smallest absolute Gasteiger partial charge is 0.325 e. The molecule has 1 atom stereocenters. The molecule has 0 aromatic carbocycles. The molecule has 0 aliphatic heterocycles. The predicted octanol–water partition coefficient (Wildman–Crippen LogP) is 0.00352. The van der Waals surface area contributed by atoms with Crippen molar-refractivity contribution in [1.29, 1.82) is 0 Å². The van der Waals surface area contributed by atoms with Crippen molar-refractivity contribution >= 4 is 23.7 Å². The minimum Gasteiger partial charge on any atom is -0.394 e. The normalized spacial score (nSPS) is 12.8. The highest BCUT2D eigenvalue weighted by atomic mass is 32.2. The summed E-state index contributed by atoms with van der Waals surface area (Å²) < 4.78 is 0. The standard InChI is InChI=1S/C14H21N3O4S/c1-8(2)22-7-10(6-18)16-12(19)5-4-11-9(3)15-14(21)17-13(11)20/h4-5,8,10,18H,6-7H2,1-3H3,(H,16,19)(H2,15,17,20,21)/b5-4+. The second-order valence-corrected chi connectivity index (χ2v) is 6.66. The van der Waals surface area contributed by atoms with Crippen LogP contribution in [0.3, 0.4) is 0 Å². The molecule has 22 heavy (non-hydrogen) atoms. The number of hydrogen-bond donors (Lipinski definition) is 4. The van der Waals surface area contributed by atoms with Crippen LogP contribution in [0.25, 0.3) is 6.08 Å². The molecule has 0 radical (unpaired) electrons. The molecule has 1 rings (SSSR count). The van der Waals surface area contributed by atoms with E-state index in [1.807, 2.05) is 13.8 Å². The molecule has 1 heterocycles. The average molecular weight is 327 g/mol. The molecule has 0 aliphatic rings. The van der Waals surface area contributed by atoms with E-state index in [0.717, 1.165) is 0 Å². The zero-order chi connectivity index (χ0) is 16.7. The first kappa shape index (κ1) is 18.2. The lowest BCUT2D eigenvalue weighted by Gasteiger charge is -2.15. The van der Waals surface area contributed by atoms with E-state index in [9.17, 15) is 19.5 Å². The van der Waals surface area contributed by atoms with Gasteiger partial charge in [0.05, 0.1) is 18.2 Å². The van der Waals surface area contributed by atoms with Gasteiger partial charge < -0.3 is 15.4 Å². The van der Waals surface area contributed by atoms with E-state index in [2.05, 4.69) is 15.3 Å². The zero-order valence-corrected chi connectivity index (χ0v) is 13.6. The zero-order valence-electron chi connectivity index (χ0n) is 12.8. The first-order valence-corrected chi connectivity index (χ1v) is 7.92.